The van der Waals surface area contributed by atoms with E-state index < -0.39 is 11.7 Å². The zero-order valence-electron chi connectivity index (χ0n) is 11.9. The number of hydrogen-bond acceptors (Lipinski definition) is 5. The second kappa shape index (κ2) is 5.44. The highest BCUT2D eigenvalue weighted by atomic mass is 19.1. The quantitative estimate of drug-likeness (QED) is 0.802. The predicted molar refractivity (Wildman–Crippen MR) is 75.8 cm³/mol. The van der Waals surface area contributed by atoms with Crippen molar-refractivity contribution in [2.75, 3.05) is 5.32 Å². The summed E-state index contributed by atoms with van der Waals surface area (Å²) in [5, 5.41) is 10.1. The summed E-state index contributed by atoms with van der Waals surface area (Å²) in [4.78, 5) is 12.0. The van der Waals surface area contributed by atoms with Crippen LogP contribution >= 0.6 is 0 Å². The summed E-state index contributed by atoms with van der Waals surface area (Å²) in [5.74, 6) is 0.752. The summed E-state index contributed by atoms with van der Waals surface area (Å²) in [5.41, 5.74) is 0.962. The molecule has 7 heteroatoms. The number of nitrogens with one attached hydrogen (secondary N) is 1. The predicted octanol–water partition coefficient (Wildman–Crippen LogP) is 3.34. The molecule has 0 aliphatic carbocycles. The van der Waals surface area contributed by atoms with Gasteiger partial charge in [-0.3, -0.25) is 10.1 Å². The molecule has 0 radical (unpaired) electrons. The van der Waals surface area contributed by atoms with Gasteiger partial charge in [0, 0.05) is 5.56 Å². The minimum atomic E-state index is -0.463. The second-order valence-corrected chi connectivity index (χ2v) is 4.70. The van der Waals surface area contributed by atoms with Gasteiger partial charge in [0.2, 0.25) is 0 Å². The van der Waals surface area contributed by atoms with Crippen LogP contribution in [-0.2, 0) is 0 Å². The highest BCUT2D eigenvalue weighted by molar-refractivity contribution is 6.03. The largest absolute Gasteiger partial charge is 0.466 e. The van der Waals surface area contributed by atoms with Crippen molar-refractivity contribution in [1.29, 1.82) is 0 Å². The molecule has 1 amide bonds. The third-order valence-corrected chi connectivity index (χ3v) is 3.02. The molecule has 0 spiro atoms. The summed E-state index contributed by atoms with van der Waals surface area (Å²) >= 11 is 0. The van der Waals surface area contributed by atoms with E-state index >= 15 is 0 Å². The summed E-state index contributed by atoms with van der Waals surface area (Å²) in [6.45, 7) is 3.59. The van der Waals surface area contributed by atoms with Gasteiger partial charge < -0.3 is 8.83 Å². The maximum Gasteiger partial charge on any atom is 0.322 e. The number of aromatic nitrogens is 2. The lowest BCUT2D eigenvalue weighted by Crippen LogP contribution is -2.12. The third kappa shape index (κ3) is 2.73. The van der Waals surface area contributed by atoms with Crippen LogP contribution in [-0.4, -0.2) is 16.1 Å². The van der Waals surface area contributed by atoms with Crippen molar-refractivity contribution in [2.24, 2.45) is 0 Å². The van der Waals surface area contributed by atoms with Gasteiger partial charge in [0.15, 0.2) is 0 Å². The fourth-order valence-corrected chi connectivity index (χ4v) is 2.00. The fraction of sp³-hybridized carbons (Fsp3) is 0.133. The summed E-state index contributed by atoms with van der Waals surface area (Å²) in [6, 6.07) is 6.87. The van der Waals surface area contributed by atoms with Crippen molar-refractivity contribution in [1.82, 2.24) is 10.2 Å². The Kier molecular flexibility index (Phi) is 3.46. The van der Waals surface area contributed by atoms with Crippen LogP contribution in [0.5, 0.6) is 0 Å². The molecule has 22 heavy (non-hydrogen) atoms. The van der Waals surface area contributed by atoms with Crippen LogP contribution in [0.15, 0.2) is 39.2 Å². The van der Waals surface area contributed by atoms with Crippen LogP contribution in [0.1, 0.15) is 21.9 Å². The molecule has 1 N–H and O–H groups in total. The minimum absolute atomic E-state index is 0.0393. The molecule has 0 aliphatic rings. The van der Waals surface area contributed by atoms with Crippen LogP contribution in [0.25, 0.3) is 11.5 Å². The first kappa shape index (κ1) is 14.0. The SMILES string of the molecule is Cc1cc(-c2nnc(NC(=O)c3ccc(F)cc3)o2)c(C)o1. The van der Waals surface area contributed by atoms with E-state index in [0.717, 1.165) is 5.76 Å². The number of aryl methyl sites for hydroxylation is 2. The Morgan fingerprint density at radius 1 is 1.14 bits per heavy atom. The monoisotopic (exact) mass is 301 g/mol. The molecule has 112 valence electrons. The van der Waals surface area contributed by atoms with Crippen LogP contribution < -0.4 is 5.32 Å². The van der Waals surface area contributed by atoms with Gasteiger partial charge in [0.1, 0.15) is 17.3 Å². The average molecular weight is 301 g/mol. The Hall–Kier alpha value is -2.96. The first-order valence-corrected chi connectivity index (χ1v) is 6.51. The molecule has 1 aromatic carbocycles. The Morgan fingerprint density at radius 2 is 1.86 bits per heavy atom. The molecule has 2 aromatic heterocycles. The van der Waals surface area contributed by atoms with Crippen molar-refractivity contribution in [3.05, 3.63) is 53.2 Å². The van der Waals surface area contributed by atoms with E-state index in [1.807, 2.05) is 6.92 Å². The molecule has 0 atom stereocenters. The number of halogens is 1. The number of rotatable bonds is 3. The van der Waals surface area contributed by atoms with E-state index in [9.17, 15) is 9.18 Å². The fourth-order valence-electron chi connectivity index (χ4n) is 2.00. The van der Waals surface area contributed by atoms with Crippen molar-refractivity contribution < 1.29 is 18.0 Å². The molecular formula is C15H12FN3O3. The number of benzene rings is 1. The molecule has 2 heterocycles. The van der Waals surface area contributed by atoms with Gasteiger partial charge in [-0.2, -0.15) is 0 Å². The van der Waals surface area contributed by atoms with Crippen LogP contribution in [0.3, 0.4) is 0 Å². The summed E-state index contributed by atoms with van der Waals surface area (Å²) in [7, 11) is 0. The molecule has 3 rings (SSSR count). The average Bonchev–Trinajstić information content (AvgIpc) is 3.06. The molecule has 6 nitrogen and oxygen atoms in total. The van der Waals surface area contributed by atoms with E-state index in [2.05, 4.69) is 15.5 Å². The van der Waals surface area contributed by atoms with Crippen molar-refractivity contribution in [3.8, 4) is 11.5 Å². The van der Waals surface area contributed by atoms with Gasteiger partial charge in [-0.25, -0.2) is 4.39 Å². The normalized spacial score (nSPS) is 10.7. The number of carbonyl (C=O) groups is 1. The van der Waals surface area contributed by atoms with E-state index in [1.165, 1.54) is 24.3 Å². The minimum Gasteiger partial charge on any atom is -0.466 e. The summed E-state index contributed by atoms with van der Waals surface area (Å²) in [6.07, 6.45) is 0. The lowest BCUT2D eigenvalue weighted by atomic mass is 10.2. The molecular weight excluding hydrogens is 289 g/mol. The zero-order valence-corrected chi connectivity index (χ0v) is 11.9. The number of hydrogen-bond donors (Lipinski definition) is 1. The molecule has 0 saturated carbocycles. The van der Waals surface area contributed by atoms with Crippen molar-refractivity contribution >= 4 is 11.9 Å². The topological polar surface area (TPSA) is 81.2 Å². The molecule has 3 aromatic rings. The smallest absolute Gasteiger partial charge is 0.322 e. The number of carbonyl (C=O) groups excluding carboxylic acids is 1. The van der Waals surface area contributed by atoms with Crippen molar-refractivity contribution in [3.63, 3.8) is 0 Å². The van der Waals surface area contributed by atoms with Gasteiger partial charge in [-0.05, 0) is 44.2 Å². The molecule has 0 bridgehead atoms. The summed E-state index contributed by atoms with van der Waals surface area (Å²) < 4.78 is 23.6. The van der Waals surface area contributed by atoms with Gasteiger partial charge >= 0.3 is 6.01 Å². The Labute approximate surface area is 125 Å². The maximum absolute atomic E-state index is 12.8. The second-order valence-electron chi connectivity index (χ2n) is 4.70. The van der Waals surface area contributed by atoms with Crippen LogP contribution in [0, 0.1) is 19.7 Å². The van der Waals surface area contributed by atoms with E-state index in [4.69, 9.17) is 8.83 Å². The first-order valence-electron chi connectivity index (χ1n) is 6.51. The standard InChI is InChI=1S/C15H12FN3O3/c1-8-7-12(9(2)21-8)14-18-19-15(22-14)17-13(20)10-3-5-11(16)6-4-10/h3-7H,1-2H3,(H,17,19,20). The highest BCUT2D eigenvalue weighted by Crippen LogP contribution is 2.26. The lowest BCUT2D eigenvalue weighted by Gasteiger charge is -1.99. The molecule has 0 saturated heterocycles. The van der Waals surface area contributed by atoms with Gasteiger partial charge in [0.25, 0.3) is 11.8 Å². The van der Waals surface area contributed by atoms with E-state index in [0.29, 0.717) is 11.3 Å². The first-order chi connectivity index (χ1) is 10.5. The number of anilines is 1. The van der Waals surface area contributed by atoms with Gasteiger partial charge in [0.05, 0.1) is 5.56 Å². The molecule has 0 aliphatic heterocycles. The van der Waals surface area contributed by atoms with Gasteiger partial charge in [-0.1, -0.05) is 5.10 Å². The van der Waals surface area contributed by atoms with E-state index in [-0.39, 0.29) is 17.5 Å². The van der Waals surface area contributed by atoms with E-state index in [1.54, 1.807) is 13.0 Å². The molecule has 0 unspecified atom stereocenters. The van der Waals surface area contributed by atoms with Crippen LogP contribution in [0.2, 0.25) is 0 Å². The maximum atomic E-state index is 12.8. The zero-order chi connectivity index (χ0) is 15.7. The Balaban J connectivity index is 1.78. The van der Waals surface area contributed by atoms with Crippen molar-refractivity contribution in [2.45, 2.75) is 13.8 Å². The highest BCUT2D eigenvalue weighted by Gasteiger charge is 2.16. The van der Waals surface area contributed by atoms with Crippen LogP contribution in [0.4, 0.5) is 10.4 Å². The molecule has 0 fully saturated rings. The Bertz CT molecular complexity index is 821. The number of nitrogens with zero attached hydrogens (tertiary/aromatic N) is 2. The van der Waals surface area contributed by atoms with Gasteiger partial charge in [-0.15, -0.1) is 5.10 Å². The lowest BCUT2D eigenvalue weighted by molar-refractivity contribution is 0.102. The number of amides is 1. The third-order valence-electron chi connectivity index (χ3n) is 3.02. The Morgan fingerprint density at radius 3 is 2.50 bits per heavy atom. The number of furan rings is 1.